The quantitative estimate of drug-likeness (QED) is 0.219. The fraction of sp³-hybridized carbons (Fsp3) is 0.217. The Morgan fingerprint density at radius 2 is 2.19 bits per heavy atom. The second-order valence-electron chi connectivity index (χ2n) is 7.01. The van der Waals surface area contributed by atoms with E-state index >= 15 is 0 Å². The van der Waals surface area contributed by atoms with E-state index in [1.54, 1.807) is 18.2 Å². The summed E-state index contributed by atoms with van der Waals surface area (Å²) in [6, 6.07) is 8.60. The molecule has 0 aliphatic carbocycles. The highest BCUT2D eigenvalue weighted by Gasteiger charge is 2.22. The van der Waals surface area contributed by atoms with Crippen LogP contribution in [0.2, 0.25) is 5.15 Å². The number of thioether (sulfide) groups is 1. The molecule has 0 spiro atoms. The number of anilines is 1. The normalized spacial score (nSPS) is 12.4. The third-order valence-electron chi connectivity index (χ3n) is 4.81. The van der Waals surface area contributed by atoms with Crippen molar-refractivity contribution in [1.29, 1.82) is 5.26 Å². The summed E-state index contributed by atoms with van der Waals surface area (Å²) < 4.78 is 6.19. The summed E-state index contributed by atoms with van der Waals surface area (Å²) in [6.07, 6.45) is 1.66. The number of fused-ring (bicyclic) bond motifs is 1. The molecule has 3 aromatic rings. The Bertz CT molecular complexity index is 1330. The number of carbonyl (C=O) groups is 1. The van der Waals surface area contributed by atoms with Crippen LogP contribution in [0.5, 0.6) is 0 Å². The van der Waals surface area contributed by atoms with Crippen molar-refractivity contribution >= 4 is 51.9 Å². The largest absolute Gasteiger partial charge is 0.449 e. The van der Waals surface area contributed by atoms with E-state index in [1.807, 2.05) is 32.9 Å². The molecular formula is C23H21ClN4O3S. The predicted octanol–water partition coefficient (Wildman–Crippen LogP) is 4.81. The van der Waals surface area contributed by atoms with Gasteiger partial charge in [-0.1, -0.05) is 36.4 Å². The standard InChI is InChI=1S/C23H21ClN4O3S/c1-4-32-23-20(14(9-25)11-29)21(30)16-8-12(2)7-15(22(16)31-23)13(3)27-17-5-6-19(24)28-18(17)10-26/h5-9,11,13,27H,4,25H2,1-3H3/b14-9+. The Morgan fingerprint density at radius 1 is 1.44 bits per heavy atom. The summed E-state index contributed by atoms with van der Waals surface area (Å²) in [6.45, 7) is 5.68. The molecule has 0 saturated carbocycles. The molecule has 0 bridgehead atoms. The third kappa shape index (κ3) is 4.49. The van der Waals surface area contributed by atoms with Gasteiger partial charge in [0.2, 0.25) is 5.43 Å². The summed E-state index contributed by atoms with van der Waals surface area (Å²) in [4.78, 5) is 28.9. The van der Waals surface area contributed by atoms with Gasteiger partial charge < -0.3 is 15.5 Å². The van der Waals surface area contributed by atoms with Gasteiger partial charge in [0.1, 0.15) is 16.8 Å². The number of rotatable bonds is 7. The van der Waals surface area contributed by atoms with Gasteiger partial charge in [-0.2, -0.15) is 5.26 Å². The van der Waals surface area contributed by atoms with E-state index in [4.69, 9.17) is 21.8 Å². The SMILES string of the molecule is CCSc1oc2c(C(C)Nc3ccc(Cl)nc3C#N)cc(C)cc2c(=O)c1/C(C=O)=C/N. The number of nitriles is 1. The maximum Gasteiger partial charge on any atom is 0.201 e. The lowest BCUT2D eigenvalue weighted by Crippen LogP contribution is -2.15. The van der Waals surface area contributed by atoms with Crippen LogP contribution in [-0.4, -0.2) is 17.0 Å². The van der Waals surface area contributed by atoms with Crippen LogP contribution in [0.25, 0.3) is 16.5 Å². The molecular weight excluding hydrogens is 448 g/mol. The molecule has 1 atom stereocenters. The van der Waals surface area contributed by atoms with E-state index in [1.165, 1.54) is 11.8 Å². The molecule has 2 heterocycles. The van der Waals surface area contributed by atoms with Gasteiger partial charge in [0, 0.05) is 17.3 Å². The number of aromatic nitrogens is 1. The summed E-state index contributed by atoms with van der Waals surface area (Å²) in [5.74, 6) is 0.634. The Kier molecular flexibility index (Phi) is 7.23. The molecule has 32 heavy (non-hydrogen) atoms. The fourth-order valence-electron chi connectivity index (χ4n) is 3.39. The number of halogens is 1. The van der Waals surface area contributed by atoms with Gasteiger partial charge in [0.15, 0.2) is 17.1 Å². The number of aldehydes is 1. The maximum atomic E-state index is 13.4. The molecule has 164 valence electrons. The van der Waals surface area contributed by atoms with E-state index in [-0.39, 0.29) is 33.5 Å². The van der Waals surface area contributed by atoms with E-state index < -0.39 is 0 Å². The average molecular weight is 469 g/mol. The average Bonchev–Trinajstić information content (AvgIpc) is 2.77. The number of nitrogens with two attached hydrogens (primary N) is 1. The first kappa shape index (κ1) is 23.4. The minimum Gasteiger partial charge on any atom is -0.449 e. The van der Waals surface area contributed by atoms with Crippen LogP contribution in [0.1, 0.15) is 42.3 Å². The number of nitrogens with one attached hydrogen (secondary N) is 1. The Labute approximate surface area is 194 Å². The highest BCUT2D eigenvalue weighted by atomic mass is 35.5. The summed E-state index contributed by atoms with van der Waals surface area (Å²) >= 11 is 7.21. The second kappa shape index (κ2) is 9.90. The first-order chi connectivity index (χ1) is 15.3. The molecule has 3 rings (SSSR count). The molecule has 0 aliphatic heterocycles. The number of hydrogen-bond donors (Lipinski definition) is 2. The van der Waals surface area contributed by atoms with Crippen molar-refractivity contribution in [3.63, 3.8) is 0 Å². The van der Waals surface area contributed by atoms with Crippen molar-refractivity contribution in [2.24, 2.45) is 5.73 Å². The van der Waals surface area contributed by atoms with Gasteiger partial charge in [0.05, 0.1) is 22.7 Å². The van der Waals surface area contributed by atoms with Crippen molar-refractivity contribution in [3.8, 4) is 6.07 Å². The Morgan fingerprint density at radius 3 is 2.81 bits per heavy atom. The predicted molar refractivity (Wildman–Crippen MR) is 128 cm³/mol. The van der Waals surface area contributed by atoms with Gasteiger partial charge in [-0.15, -0.1) is 0 Å². The van der Waals surface area contributed by atoms with Crippen LogP contribution < -0.4 is 16.5 Å². The zero-order valence-electron chi connectivity index (χ0n) is 17.7. The van der Waals surface area contributed by atoms with Crippen molar-refractivity contribution in [3.05, 3.63) is 68.2 Å². The zero-order valence-corrected chi connectivity index (χ0v) is 19.3. The molecule has 0 saturated heterocycles. The molecule has 1 aromatic carbocycles. The number of nitrogens with zero attached hydrogens (tertiary/aromatic N) is 2. The van der Waals surface area contributed by atoms with Gasteiger partial charge >= 0.3 is 0 Å². The zero-order chi connectivity index (χ0) is 23.4. The lowest BCUT2D eigenvalue weighted by Gasteiger charge is -2.19. The molecule has 3 N–H and O–H groups in total. The van der Waals surface area contributed by atoms with Crippen LogP contribution in [-0.2, 0) is 4.79 Å². The third-order valence-corrected chi connectivity index (χ3v) is 5.86. The summed E-state index contributed by atoms with van der Waals surface area (Å²) in [5.41, 5.74) is 8.15. The Balaban J connectivity index is 2.23. The van der Waals surface area contributed by atoms with Gasteiger partial charge in [-0.05, 0) is 43.4 Å². The minimum absolute atomic E-state index is 0.0803. The monoisotopic (exact) mass is 468 g/mol. The van der Waals surface area contributed by atoms with Crippen LogP contribution in [0.4, 0.5) is 5.69 Å². The first-order valence-corrected chi connectivity index (χ1v) is 11.2. The van der Waals surface area contributed by atoms with Gasteiger partial charge in [-0.25, -0.2) is 4.98 Å². The number of pyridine rings is 1. The van der Waals surface area contributed by atoms with E-state index in [0.29, 0.717) is 33.8 Å². The molecule has 0 aliphatic rings. The number of allylic oxidation sites excluding steroid dienone is 1. The van der Waals surface area contributed by atoms with Crippen molar-refractivity contribution in [1.82, 2.24) is 4.98 Å². The van der Waals surface area contributed by atoms with E-state index in [9.17, 15) is 14.9 Å². The highest BCUT2D eigenvalue weighted by molar-refractivity contribution is 7.99. The molecule has 9 heteroatoms. The highest BCUT2D eigenvalue weighted by Crippen LogP contribution is 2.34. The smallest absolute Gasteiger partial charge is 0.201 e. The maximum absolute atomic E-state index is 13.4. The summed E-state index contributed by atoms with van der Waals surface area (Å²) in [7, 11) is 0. The first-order valence-electron chi connectivity index (χ1n) is 9.79. The van der Waals surface area contributed by atoms with Crippen LogP contribution in [0, 0.1) is 18.3 Å². The van der Waals surface area contributed by atoms with Crippen molar-refractivity contribution in [2.45, 2.75) is 31.9 Å². The van der Waals surface area contributed by atoms with Crippen LogP contribution in [0.15, 0.2) is 44.8 Å². The van der Waals surface area contributed by atoms with Gasteiger partial charge in [0.25, 0.3) is 0 Å². The number of benzene rings is 1. The minimum atomic E-state index is -0.337. The molecule has 1 unspecified atom stereocenters. The fourth-order valence-corrected chi connectivity index (χ4v) is 4.29. The Hall–Kier alpha value is -3.28. The molecule has 0 amide bonds. The van der Waals surface area contributed by atoms with E-state index in [0.717, 1.165) is 17.3 Å². The van der Waals surface area contributed by atoms with Crippen molar-refractivity contribution in [2.75, 3.05) is 11.1 Å². The molecule has 7 nitrogen and oxygen atoms in total. The second-order valence-corrected chi connectivity index (χ2v) is 8.63. The van der Waals surface area contributed by atoms with Crippen LogP contribution >= 0.6 is 23.4 Å². The number of carbonyl (C=O) groups excluding carboxylic acids is 1. The molecule has 0 fully saturated rings. The lowest BCUT2D eigenvalue weighted by molar-refractivity contribution is -0.103. The molecule has 2 aromatic heterocycles. The summed E-state index contributed by atoms with van der Waals surface area (Å²) in [5, 5.41) is 13.5. The van der Waals surface area contributed by atoms with Crippen molar-refractivity contribution < 1.29 is 9.21 Å². The van der Waals surface area contributed by atoms with E-state index in [2.05, 4.69) is 10.3 Å². The lowest BCUT2D eigenvalue weighted by atomic mass is 9.99. The molecule has 0 radical (unpaired) electrons. The number of aryl methyl sites for hydroxylation is 1. The van der Waals surface area contributed by atoms with Crippen LogP contribution in [0.3, 0.4) is 0 Å². The van der Waals surface area contributed by atoms with Gasteiger partial charge in [-0.3, -0.25) is 9.59 Å². The number of hydrogen-bond acceptors (Lipinski definition) is 8. The topological polar surface area (TPSA) is 122 Å².